The summed E-state index contributed by atoms with van der Waals surface area (Å²) in [6.45, 7) is 7.10. The minimum Gasteiger partial charge on any atom is -0.338 e. The van der Waals surface area contributed by atoms with Gasteiger partial charge in [0.15, 0.2) is 0 Å². The first-order valence-electron chi connectivity index (χ1n) is 9.45. The lowest BCUT2D eigenvalue weighted by Gasteiger charge is -2.37. The Labute approximate surface area is 151 Å². The third-order valence-corrected chi connectivity index (χ3v) is 5.84. The molecule has 1 spiro atoms. The van der Waals surface area contributed by atoms with Crippen LogP contribution in [0.15, 0.2) is 18.6 Å². The SMILES string of the molecule is CCCN1CC2(CCN(C)CC2)CC1C(=O)N(C)Cc1cnccn1. The van der Waals surface area contributed by atoms with Crippen LogP contribution in [0.3, 0.4) is 0 Å². The van der Waals surface area contributed by atoms with Crippen LogP contribution < -0.4 is 0 Å². The number of hydrogen-bond acceptors (Lipinski definition) is 5. The van der Waals surface area contributed by atoms with Crippen molar-refractivity contribution in [2.75, 3.05) is 40.3 Å². The zero-order valence-electron chi connectivity index (χ0n) is 15.8. The summed E-state index contributed by atoms with van der Waals surface area (Å²) in [5, 5.41) is 0. The van der Waals surface area contributed by atoms with E-state index < -0.39 is 0 Å². The van der Waals surface area contributed by atoms with Gasteiger partial charge in [-0.3, -0.25) is 19.7 Å². The molecule has 0 saturated carbocycles. The molecule has 25 heavy (non-hydrogen) atoms. The maximum atomic E-state index is 13.2. The smallest absolute Gasteiger partial charge is 0.240 e. The van der Waals surface area contributed by atoms with E-state index in [-0.39, 0.29) is 11.9 Å². The molecule has 2 aliphatic heterocycles. The van der Waals surface area contributed by atoms with Crippen molar-refractivity contribution in [3.63, 3.8) is 0 Å². The van der Waals surface area contributed by atoms with Gasteiger partial charge in [0.1, 0.15) is 0 Å². The highest BCUT2D eigenvalue weighted by molar-refractivity contribution is 5.82. The molecule has 0 N–H and O–H groups in total. The van der Waals surface area contributed by atoms with Crippen LogP contribution in [0.1, 0.15) is 38.3 Å². The molecule has 1 amide bonds. The summed E-state index contributed by atoms with van der Waals surface area (Å²) in [5.74, 6) is 0.231. The molecule has 3 heterocycles. The number of amides is 1. The van der Waals surface area contributed by atoms with Gasteiger partial charge < -0.3 is 9.80 Å². The Balaban J connectivity index is 1.68. The quantitative estimate of drug-likeness (QED) is 0.812. The van der Waals surface area contributed by atoms with Crippen molar-refractivity contribution in [1.29, 1.82) is 0 Å². The Bertz CT molecular complexity index is 570. The normalized spacial score (nSPS) is 23.9. The van der Waals surface area contributed by atoms with E-state index in [0.717, 1.165) is 44.7 Å². The molecule has 1 aromatic rings. The Morgan fingerprint density at radius 1 is 1.36 bits per heavy atom. The molecule has 1 unspecified atom stereocenters. The highest BCUT2D eigenvalue weighted by atomic mass is 16.2. The third-order valence-electron chi connectivity index (χ3n) is 5.84. The predicted molar refractivity (Wildman–Crippen MR) is 97.9 cm³/mol. The topological polar surface area (TPSA) is 52.6 Å². The van der Waals surface area contributed by atoms with Crippen LogP contribution in [0.5, 0.6) is 0 Å². The molecular formula is C19H31N5O. The summed E-state index contributed by atoms with van der Waals surface area (Å²) in [6, 6.07) is 0.0185. The van der Waals surface area contributed by atoms with Gasteiger partial charge in [0.2, 0.25) is 5.91 Å². The third kappa shape index (κ3) is 4.18. The fourth-order valence-corrected chi connectivity index (χ4v) is 4.35. The average molecular weight is 345 g/mol. The first kappa shape index (κ1) is 18.3. The van der Waals surface area contributed by atoms with Crippen molar-refractivity contribution in [2.45, 2.75) is 45.2 Å². The van der Waals surface area contributed by atoms with Gasteiger partial charge in [-0.25, -0.2) is 0 Å². The molecule has 2 saturated heterocycles. The summed E-state index contributed by atoms with van der Waals surface area (Å²) in [6.07, 6.45) is 9.59. The van der Waals surface area contributed by atoms with E-state index in [1.165, 1.54) is 12.8 Å². The van der Waals surface area contributed by atoms with E-state index in [9.17, 15) is 4.79 Å². The van der Waals surface area contributed by atoms with Crippen molar-refractivity contribution in [2.24, 2.45) is 5.41 Å². The zero-order valence-corrected chi connectivity index (χ0v) is 15.8. The Morgan fingerprint density at radius 3 is 2.76 bits per heavy atom. The number of hydrogen-bond donors (Lipinski definition) is 0. The lowest BCUT2D eigenvalue weighted by atomic mass is 9.76. The van der Waals surface area contributed by atoms with Gasteiger partial charge in [0.25, 0.3) is 0 Å². The number of nitrogens with zero attached hydrogens (tertiary/aromatic N) is 5. The Hall–Kier alpha value is -1.53. The number of aromatic nitrogens is 2. The van der Waals surface area contributed by atoms with Gasteiger partial charge in [0.05, 0.1) is 24.5 Å². The molecule has 6 heteroatoms. The van der Waals surface area contributed by atoms with Crippen LogP contribution in [0.25, 0.3) is 0 Å². The average Bonchev–Trinajstić information content (AvgIpc) is 2.96. The number of rotatable bonds is 5. The van der Waals surface area contributed by atoms with Gasteiger partial charge >= 0.3 is 0 Å². The van der Waals surface area contributed by atoms with E-state index in [0.29, 0.717) is 12.0 Å². The van der Waals surface area contributed by atoms with Crippen molar-refractivity contribution in [3.8, 4) is 0 Å². The van der Waals surface area contributed by atoms with Crippen LogP contribution in [0.4, 0.5) is 0 Å². The second-order valence-electron chi connectivity index (χ2n) is 7.88. The van der Waals surface area contributed by atoms with Gasteiger partial charge in [-0.2, -0.15) is 0 Å². The molecule has 0 bridgehead atoms. The first-order chi connectivity index (χ1) is 12.0. The van der Waals surface area contributed by atoms with Crippen molar-refractivity contribution in [3.05, 3.63) is 24.3 Å². The Kier molecular flexibility index (Phi) is 5.69. The summed E-state index contributed by atoms with van der Waals surface area (Å²) >= 11 is 0. The van der Waals surface area contributed by atoms with Crippen LogP contribution in [-0.4, -0.2) is 76.9 Å². The highest BCUT2D eigenvalue weighted by Gasteiger charge is 2.47. The summed E-state index contributed by atoms with van der Waals surface area (Å²) in [5.41, 5.74) is 1.17. The van der Waals surface area contributed by atoms with E-state index in [2.05, 4.69) is 33.7 Å². The van der Waals surface area contributed by atoms with Gasteiger partial charge in [-0.15, -0.1) is 0 Å². The molecule has 138 valence electrons. The van der Waals surface area contributed by atoms with Crippen LogP contribution >= 0.6 is 0 Å². The first-order valence-corrected chi connectivity index (χ1v) is 9.45. The summed E-state index contributed by atoms with van der Waals surface area (Å²) < 4.78 is 0. The maximum absolute atomic E-state index is 13.2. The van der Waals surface area contributed by atoms with Crippen molar-refractivity contribution >= 4 is 5.91 Å². The molecule has 1 aromatic heterocycles. The predicted octanol–water partition coefficient (Wildman–Crippen LogP) is 1.63. The van der Waals surface area contributed by atoms with Crippen molar-refractivity contribution < 1.29 is 4.79 Å². The standard InChI is InChI=1S/C19H31N5O/c1-4-9-24-15-19(5-10-22(2)11-6-19)12-17(24)18(25)23(3)14-16-13-20-7-8-21-16/h7-8,13,17H,4-6,9-12,14-15H2,1-3H3. The fraction of sp³-hybridized carbons (Fsp3) is 0.737. The van der Waals surface area contributed by atoms with Crippen LogP contribution in [0, 0.1) is 5.41 Å². The molecule has 3 rings (SSSR count). The molecular weight excluding hydrogens is 314 g/mol. The maximum Gasteiger partial charge on any atom is 0.240 e. The molecule has 0 radical (unpaired) electrons. The second-order valence-corrected chi connectivity index (χ2v) is 7.88. The highest BCUT2D eigenvalue weighted by Crippen LogP contribution is 2.43. The zero-order chi connectivity index (χ0) is 17.9. The number of piperidine rings is 1. The lowest BCUT2D eigenvalue weighted by molar-refractivity contribution is -0.135. The van der Waals surface area contributed by atoms with E-state index in [1.807, 2.05) is 11.9 Å². The van der Waals surface area contributed by atoms with Gasteiger partial charge in [-0.05, 0) is 57.8 Å². The van der Waals surface area contributed by atoms with Crippen LogP contribution in [-0.2, 0) is 11.3 Å². The largest absolute Gasteiger partial charge is 0.338 e. The minimum absolute atomic E-state index is 0.0185. The number of carbonyl (C=O) groups is 1. The van der Waals surface area contributed by atoms with Crippen molar-refractivity contribution in [1.82, 2.24) is 24.7 Å². The van der Waals surface area contributed by atoms with Gasteiger partial charge in [-0.1, -0.05) is 6.92 Å². The minimum atomic E-state index is 0.0185. The lowest BCUT2D eigenvalue weighted by Crippen LogP contribution is -2.44. The summed E-state index contributed by atoms with van der Waals surface area (Å²) in [4.78, 5) is 28.2. The number of likely N-dealkylation sites (tertiary alicyclic amines) is 2. The van der Waals surface area contributed by atoms with E-state index in [4.69, 9.17) is 0 Å². The number of likely N-dealkylation sites (N-methyl/N-ethyl adjacent to an activating group) is 1. The molecule has 2 aliphatic rings. The van der Waals surface area contributed by atoms with E-state index >= 15 is 0 Å². The number of carbonyl (C=O) groups excluding carboxylic acids is 1. The molecule has 0 aliphatic carbocycles. The molecule has 0 aromatic carbocycles. The fourth-order valence-electron chi connectivity index (χ4n) is 4.35. The molecule has 6 nitrogen and oxygen atoms in total. The van der Waals surface area contributed by atoms with Gasteiger partial charge in [0, 0.05) is 26.0 Å². The van der Waals surface area contributed by atoms with E-state index in [1.54, 1.807) is 18.6 Å². The Morgan fingerprint density at radius 2 is 2.12 bits per heavy atom. The van der Waals surface area contributed by atoms with Crippen LogP contribution in [0.2, 0.25) is 0 Å². The molecule has 1 atom stereocenters. The summed E-state index contributed by atoms with van der Waals surface area (Å²) in [7, 11) is 4.09. The molecule has 2 fully saturated rings. The second kappa shape index (κ2) is 7.79. The monoisotopic (exact) mass is 345 g/mol.